The number of carbonyl (C=O) groups is 1. The molecular formula is C17H13N5O2S2. The number of aryl methyl sites for hydroxylation is 2. The lowest BCUT2D eigenvalue weighted by atomic mass is 10.2. The number of nitrogens with zero attached hydrogens (tertiary/aromatic N) is 4. The normalized spacial score (nSPS) is 10.8. The number of amides is 1. The Hall–Kier alpha value is -2.91. The van der Waals surface area contributed by atoms with Crippen LogP contribution in [-0.4, -0.2) is 26.1 Å². The van der Waals surface area contributed by atoms with Gasteiger partial charge in [0.2, 0.25) is 0 Å². The average molecular weight is 383 g/mol. The monoisotopic (exact) mass is 383 g/mol. The van der Waals surface area contributed by atoms with E-state index in [1.54, 1.807) is 5.38 Å². The molecule has 1 amide bonds. The maximum Gasteiger partial charge on any atom is 0.322 e. The summed E-state index contributed by atoms with van der Waals surface area (Å²) in [6.45, 7) is 3.79. The van der Waals surface area contributed by atoms with Gasteiger partial charge in [-0.2, -0.15) is 0 Å². The summed E-state index contributed by atoms with van der Waals surface area (Å²) in [6, 6.07) is 9.72. The molecule has 4 rings (SSSR count). The van der Waals surface area contributed by atoms with E-state index < -0.39 is 5.91 Å². The van der Waals surface area contributed by atoms with E-state index in [1.807, 2.05) is 44.2 Å². The third-order valence-corrected chi connectivity index (χ3v) is 5.45. The first-order valence-corrected chi connectivity index (χ1v) is 9.40. The number of hydrogen-bond acceptors (Lipinski definition) is 8. The Morgan fingerprint density at radius 1 is 1.12 bits per heavy atom. The molecule has 7 nitrogen and oxygen atoms in total. The lowest BCUT2D eigenvalue weighted by Crippen LogP contribution is -2.12. The smallest absolute Gasteiger partial charge is 0.322 e. The van der Waals surface area contributed by atoms with E-state index in [-0.39, 0.29) is 6.01 Å². The van der Waals surface area contributed by atoms with Crippen molar-refractivity contribution in [1.82, 2.24) is 20.2 Å². The molecule has 0 aliphatic carbocycles. The Morgan fingerprint density at radius 3 is 2.65 bits per heavy atom. The number of rotatable bonds is 4. The van der Waals surface area contributed by atoms with Crippen LogP contribution in [0, 0.1) is 13.8 Å². The number of carbonyl (C=O) groups excluding carboxylic acids is 1. The SMILES string of the molecule is Cc1nc(C)c(-c2nnc(NC(=O)c3csc(-c4ccccc4)n3)o2)s1. The summed E-state index contributed by atoms with van der Waals surface area (Å²) in [7, 11) is 0. The van der Waals surface area contributed by atoms with E-state index in [1.165, 1.54) is 22.7 Å². The van der Waals surface area contributed by atoms with E-state index in [9.17, 15) is 4.79 Å². The predicted molar refractivity (Wildman–Crippen MR) is 100 cm³/mol. The zero-order chi connectivity index (χ0) is 18.1. The van der Waals surface area contributed by atoms with Gasteiger partial charge in [-0.05, 0) is 13.8 Å². The standard InChI is InChI=1S/C17H13N5O2S2/c1-9-13(26-10(2)18-9)15-21-22-17(24-15)20-14(23)12-8-25-16(19-12)11-6-4-3-5-7-11/h3-8H,1-2H3,(H,20,22,23). The van der Waals surface area contributed by atoms with Gasteiger partial charge in [-0.25, -0.2) is 9.97 Å². The summed E-state index contributed by atoms with van der Waals surface area (Å²) in [6.07, 6.45) is 0. The van der Waals surface area contributed by atoms with Gasteiger partial charge in [-0.15, -0.1) is 27.8 Å². The second-order valence-corrected chi connectivity index (χ2v) is 7.48. The highest BCUT2D eigenvalue weighted by Crippen LogP contribution is 2.29. The summed E-state index contributed by atoms with van der Waals surface area (Å²) in [5.74, 6) is -0.0532. The number of benzene rings is 1. The minimum atomic E-state index is -0.393. The van der Waals surface area contributed by atoms with Crippen molar-refractivity contribution >= 4 is 34.6 Å². The molecule has 0 spiro atoms. The molecule has 0 saturated heterocycles. The molecule has 3 aromatic heterocycles. The van der Waals surface area contributed by atoms with E-state index >= 15 is 0 Å². The molecule has 0 bridgehead atoms. The number of nitrogens with one attached hydrogen (secondary N) is 1. The molecular weight excluding hydrogens is 370 g/mol. The lowest BCUT2D eigenvalue weighted by Gasteiger charge is -1.96. The maximum absolute atomic E-state index is 12.4. The van der Waals surface area contributed by atoms with Crippen LogP contribution in [0.1, 0.15) is 21.2 Å². The fourth-order valence-electron chi connectivity index (χ4n) is 2.35. The Kier molecular flexibility index (Phi) is 4.31. The maximum atomic E-state index is 12.4. The van der Waals surface area contributed by atoms with E-state index in [2.05, 4.69) is 25.5 Å². The summed E-state index contributed by atoms with van der Waals surface area (Å²) in [5.41, 5.74) is 2.09. The first-order chi connectivity index (χ1) is 12.6. The van der Waals surface area contributed by atoms with Crippen LogP contribution in [0.5, 0.6) is 0 Å². The molecule has 0 aliphatic rings. The van der Waals surface area contributed by atoms with Crippen LogP contribution in [0.3, 0.4) is 0 Å². The van der Waals surface area contributed by atoms with Crippen molar-refractivity contribution in [3.05, 3.63) is 52.1 Å². The molecule has 9 heteroatoms. The topological polar surface area (TPSA) is 93.8 Å². The molecule has 3 heterocycles. The molecule has 0 saturated carbocycles. The van der Waals surface area contributed by atoms with Crippen molar-refractivity contribution in [1.29, 1.82) is 0 Å². The Balaban J connectivity index is 1.51. The van der Waals surface area contributed by atoms with Crippen molar-refractivity contribution in [3.8, 4) is 21.3 Å². The van der Waals surface area contributed by atoms with Gasteiger partial charge < -0.3 is 4.42 Å². The molecule has 1 aromatic carbocycles. The molecule has 26 heavy (non-hydrogen) atoms. The second kappa shape index (κ2) is 6.77. The summed E-state index contributed by atoms with van der Waals surface area (Å²) in [4.78, 5) is 21.9. The first-order valence-electron chi connectivity index (χ1n) is 7.70. The van der Waals surface area contributed by atoms with E-state index in [0.29, 0.717) is 11.6 Å². The van der Waals surface area contributed by atoms with Crippen LogP contribution < -0.4 is 5.32 Å². The molecule has 0 aliphatic heterocycles. The molecule has 0 radical (unpaired) electrons. The van der Waals surface area contributed by atoms with Gasteiger partial charge in [0.25, 0.3) is 11.8 Å². The zero-order valence-corrected chi connectivity index (χ0v) is 15.5. The molecule has 0 fully saturated rings. The largest absolute Gasteiger partial charge is 0.402 e. The second-order valence-electron chi connectivity index (χ2n) is 5.42. The molecule has 4 aromatic rings. The van der Waals surface area contributed by atoms with Gasteiger partial charge in [0.05, 0.1) is 10.7 Å². The fraction of sp³-hybridized carbons (Fsp3) is 0.118. The third kappa shape index (κ3) is 3.26. The van der Waals surface area contributed by atoms with Gasteiger partial charge in [-0.3, -0.25) is 10.1 Å². The predicted octanol–water partition coefficient (Wildman–Crippen LogP) is 4.19. The lowest BCUT2D eigenvalue weighted by molar-refractivity contribution is 0.102. The molecule has 0 unspecified atom stereocenters. The highest BCUT2D eigenvalue weighted by atomic mass is 32.1. The quantitative estimate of drug-likeness (QED) is 0.568. The van der Waals surface area contributed by atoms with Crippen molar-refractivity contribution in [2.45, 2.75) is 13.8 Å². The molecule has 1 N–H and O–H groups in total. The van der Waals surface area contributed by atoms with Gasteiger partial charge in [-0.1, -0.05) is 35.4 Å². The number of anilines is 1. The van der Waals surface area contributed by atoms with Gasteiger partial charge in [0.1, 0.15) is 15.6 Å². The van der Waals surface area contributed by atoms with Crippen molar-refractivity contribution < 1.29 is 9.21 Å². The minimum Gasteiger partial charge on any atom is -0.402 e. The van der Waals surface area contributed by atoms with E-state index in [0.717, 1.165) is 26.1 Å². The van der Waals surface area contributed by atoms with Crippen LogP contribution >= 0.6 is 22.7 Å². The van der Waals surface area contributed by atoms with Crippen molar-refractivity contribution in [2.75, 3.05) is 5.32 Å². The highest BCUT2D eigenvalue weighted by molar-refractivity contribution is 7.15. The first kappa shape index (κ1) is 16.6. The summed E-state index contributed by atoms with van der Waals surface area (Å²) < 4.78 is 5.54. The van der Waals surface area contributed by atoms with Gasteiger partial charge in [0, 0.05) is 10.9 Å². The Morgan fingerprint density at radius 2 is 1.92 bits per heavy atom. The highest BCUT2D eigenvalue weighted by Gasteiger charge is 2.18. The summed E-state index contributed by atoms with van der Waals surface area (Å²) in [5, 5.41) is 13.8. The fourth-order valence-corrected chi connectivity index (χ4v) is 4.00. The van der Waals surface area contributed by atoms with Gasteiger partial charge in [0.15, 0.2) is 0 Å². The van der Waals surface area contributed by atoms with Crippen LogP contribution in [0.25, 0.3) is 21.3 Å². The molecule has 130 valence electrons. The van der Waals surface area contributed by atoms with Crippen molar-refractivity contribution in [2.24, 2.45) is 0 Å². The number of hydrogen-bond donors (Lipinski definition) is 1. The van der Waals surface area contributed by atoms with Gasteiger partial charge >= 0.3 is 6.01 Å². The van der Waals surface area contributed by atoms with Crippen molar-refractivity contribution in [3.63, 3.8) is 0 Å². The molecule has 0 atom stereocenters. The minimum absolute atomic E-state index is 0.0321. The average Bonchev–Trinajstić information content (AvgIpc) is 3.35. The Bertz CT molecular complexity index is 1070. The zero-order valence-electron chi connectivity index (χ0n) is 13.9. The summed E-state index contributed by atoms with van der Waals surface area (Å²) >= 11 is 2.87. The third-order valence-electron chi connectivity index (χ3n) is 3.50. The number of thiazole rings is 2. The number of aromatic nitrogens is 4. The van der Waals surface area contributed by atoms with Crippen LogP contribution in [0.2, 0.25) is 0 Å². The van der Waals surface area contributed by atoms with Crippen LogP contribution in [0.4, 0.5) is 6.01 Å². The Labute approximate surface area is 156 Å². The van der Waals surface area contributed by atoms with Crippen LogP contribution in [0.15, 0.2) is 40.1 Å². The van der Waals surface area contributed by atoms with E-state index in [4.69, 9.17) is 4.42 Å². The van der Waals surface area contributed by atoms with Crippen LogP contribution in [-0.2, 0) is 0 Å².